The van der Waals surface area contributed by atoms with E-state index in [9.17, 15) is 18.0 Å². The van der Waals surface area contributed by atoms with Crippen LogP contribution < -0.4 is 10.6 Å². The van der Waals surface area contributed by atoms with Gasteiger partial charge in [-0.05, 0) is 43.9 Å². The third-order valence-corrected chi connectivity index (χ3v) is 6.98. The number of para-hydroxylation sites is 1. The molecule has 2 heterocycles. The van der Waals surface area contributed by atoms with E-state index >= 15 is 0 Å². The van der Waals surface area contributed by atoms with Crippen LogP contribution in [-0.4, -0.2) is 52.1 Å². The van der Waals surface area contributed by atoms with Gasteiger partial charge in [0.05, 0.1) is 24.0 Å². The van der Waals surface area contributed by atoms with Crippen LogP contribution in [0.5, 0.6) is 0 Å². The minimum absolute atomic E-state index is 0.115. The number of rotatable bonds is 5. The molecule has 0 saturated carbocycles. The second-order valence-corrected chi connectivity index (χ2v) is 9.30. The molecule has 3 aromatic rings. The van der Waals surface area contributed by atoms with Crippen LogP contribution in [0.25, 0.3) is 5.69 Å². The molecule has 1 aliphatic heterocycles. The molecular weight excluding hydrogens is 455 g/mol. The predicted octanol–water partition coefficient (Wildman–Crippen LogP) is 4.90. The van der Waals surface area contributed by atoms with Crippen LogP contribution in [0.4, 0.5) is 23.8 Å². The number of urea groups is 1. The van der Waals surface area contributed by atoms with Crippen molar-refractivity contribution < 1.29 is 18.0 Å². The van der Waals surface area contributed by atoms with E-state index in [-0.39, 0.29) is 18.5 Å². The Hall–Kier alpha value is -3.33. The van der Waals surface area contributed by atoms with Crippen LogP contribution in [0, 0.1) is 0 Å². The number of hydrogen-bond donors (Lipinski definition) is 2. The van der Waals surface area contributed by atoms with Crippen molar-refractivity contribution in [3.63, 3.8) is 0 Å². The Morgan fingerprint density at radius 2 is 1.74 bits per heavy atom. The topological polar surface area (TPSA) is 62.2 Å². The second kappa shape index (κ2) is 9.37. The maximum absolute atomic E-state index is 13.2. The number of benzene rings is 2. The van der Waals surface area contributed by atoms with E-state index in [1.54, 1.807) is 11.6 Å². The Balaban J connectivity index is 1.39. The van der Waals surface area contributed by atoms with Gasteiger partial charge in [-0.1, -0.05) is 48.5 Å². The number of alkyl halides is 3. The number of halogens is 3. The molecule has 1 saturated heterocycles. The number of nitrogens with zero attached hydrogens (tertiary/aromatic N) is 3. The number of aromatic nitrogens is 2. The average Bonchev–Trinajstić information content (AvgIpc) is 3.49. The molecular formula is C26H28F3N5O. The van der Waals surface area contributed by atoms with Gasteiger partial charge in [-0.3, -0.25) is 10.2 Å². The lowest BCUT2D eigenvalue weighted by molar-refractivity contribution is -0.147. The monoisotopic (exact) mass is 483 g/mol. The fourth-order valence-corrected chi connectivity index (χ4v) is 5.44. The molecule has 6 nitrogen and oxygen atoms in total. The van der Waals surface area contributed by atoms with Gasteiger partial charge in [-0.25, -0.2) is 9.48 Å². The number of hydrogen-bond acceptors (Lipinski definition) is 3. The van der Waals surface area contributed by atoms with Crippen molar-refractivity contribution in [2.75, 3.05) is 18.4 Å². The largest absolute Gasteiger partial charge is 0.401 e. The van der Waals surface area contributed by atoms with Crippen LogP contribution in [0.15, 0.2) is 60.7 Å². The third kappa shape index (κ3) is 4.91. The lowest BCUT2D eigenvalue weighted by Gasteiger charge is -2.26. The highest BCUT2D eigenvalue weighted by Gasteiger charge is 2.45. The fraction of sp³-hybridized carbons (Fsp3) is 0.385. The van der Waals surface area contributed by atoms with Crippen molar-refractivity contribution in [1.29, 1.82) is 0 Å². The molecule has 2 aliphatic rings. The summed E-state index contributed by atoms with van der Waals surface area (Å²) in [5, 5.41) is 10.7. The number of aryl methyl sites for hydroxylation is 1. The first-order valence-electron chi connectivity index (χ1n) is 11.9. The molecule has 2 unspecified atom stereocenters. The normalized spacial score (nSPS) is 22.2. The van der Waals surface area contributed by atoms with E-state index in [4.69, 9.17) is 5.10 Å². The molecule has 0 spiro atoms. The smallest absolute Gasteiger partial charge is 0.333 e. The first-order chi connectivity index (χ1) is 16.8. The summed E-state index contributed by atoms with van der Waals surface area (Å²) in [7, 11) is 0. The minimum atomic E-state index is -4.31. The van der Waals surface area contributed by atoms with Gasteiger partial charge in [0.15, 0.2) is 0 Å². The number of carbonyl (C=O) groups excluding carboxylic acids is 1. The third-order valence-electron chi connectivity index (χ3n) is 6.98. The van der Waals surface area contributed by atoms with E-state index in [1.165, 1.54) is 4.90 Å². The lowest BCUT2D eigenvalue weighted by Crippen LogP contribution is -2.43. The Kier molecular flexibility index (Phi) is 6.27. The highest BCUT2D eigenvalue weighted by atomic mass is 19.4. The van der Waals surface area contributed by atoms with Gasteiger partial charge < -0.3 is 5.32 Å². The standard InChI is InChI=1S/C26H28F3N5O/c1-17-23(18-9-4-2-5-10-18)22(15-33(17)16-26(27,28)29)30-25(35)31-24-20-13-8-14-21(20)32-34(24)19-11-6-3-7-12-19/h2-7,9-12,17,22-23H,8,13-16H2,1H3,(H2,30,31,35)/t17?,22?,23-/m0/s1. The van der Waals surface area contributed by atoms with E-state index in [1.807, 2.05) is 60.7 Å². The summed E-state index contributed by atoms with van der Waals surface area (Å²) in [5.41, 5.74) is 3.73. The summed E-state index contributed by atoms with van der Waals surface area (Å²) in [6.07, 6.45) is -1.65. The van der Waals surface area contributed by atoms with E-state index in [0.29, 0.717) is 5.82 Å². The van der Waals surface area contributed by atoms with Gasteiger partial charge in [0.1, 0.15) is 5.82 Å². The first-order valence-corrected chi connectivity index (χ1v) is 11.9. The zero-order valence-electron chi connectivity index (χ0n) is 19.4. The summed E-state index contributed by atoms with van der Waals surface area (Å²) < 4.78 is 41.4. The Morgan fingerprint density at radius 3 is 2.43 bits per heavy atom. The van der Waals surface area contributed by atoms with Gasteiger partial charge >= 0.3 is 12.2 Å². The average molecular weight is 484 g/mol. The zero-order chi connectivity index (χ0) is 24.6. The fourth-order valence-electron chi connectivity index (χ4n) is 5.44. The van der Waals surface area contributed by atoms with Crippen molar-refractivity contribution in [3.8, 4) is 5.69 Å². The molecule has 9 heteroatoms. The quantitative estimate of drug-likeness (QED) is 0.543. The van der Waals surface area contributed by atoms with E-state index < -0.39 is 24.8 Å². The van der Waals surface area contributed by atoms with Crippen LogP contribution in [0.3, 0.4) is 0 Å². The summed E-state index contributed by atoms with van der Waals surface area (Å²) in [5.74, 6) is 0.352. The molecule has 0 bridgehead atoms. The molecule has 1 aromatic heterocycles. The number of carbonyl (C=O) groups is 1. The van der Waals surface area contributed by atoms with Crippen molar-refractivity contribution in [2.24, 2.45) is 0 Å². The van der Waals surface area contributed by atoms with Crippen molar-refractivity contribution >= 4 is 11.8 Å². The van der Waals surface area contributed by atoms with Gasteiger partial charge in [-0.15, -0.1) is 0 Å². The number of anilines is 1. The zero-order valence-corrected chi connectivity index (χ0v) is 19.4. The van der Waals surface area contributed by atoms with Gasteiger partial charge in [0, 0.05) is 24.1 Å². The molecule has 2 N–H and O–H groups in total. The van der Waals surface area contributed by atoms with Crippen LogP contribution in [0.1, 0.15) is 36.1 Å². The Labute approximate surface area is 202 Å². The summed E-state index contributed by atoms with van der Waals surface area (Å²) >= 11 is 0. The molecule has 3 atom stereocenters. The SMILES string of the molecule is CC1[C@@H](c2ccccc2)C(NC(=O)Nc2c3c(nn2-c2ccccc2)CCC3)CN1CC(F)(F)F. The maximum atomic E-state index is 13.2. The molecule has 5 rings (SSSR count). The summed E-state index contributed by atoms with van der Waals surface area (Å²) in [6.45, 7) is 0.898. The van der Waals surface area contributed by atoms with Crippen molar-refractivity contribution in [1.82, 2.24) is 20.0 Å². The maximum Gasteiger partial charge on any atom is 0.401 e. The van der Waals surface area contributed by atoms with Gasteiger partial charge in [-0.2, -0.15) is 18.3 Å². The predicted molar refractivity (Wildman–Crippen MR) is 128 cm³/mol. The summed E-state index contributed by atoms with van der Waals surface area (Å²) in [4.78, 5) is 14.6. The number of amides is 2. The van der Waals surface area contributed by atoms with Crippen LogP contribution in [0.2, 0.25) is 0 Å². The molecule has 184 valence electrons. The molecule has 1 aliphatic carbocycles. The number of fused-ring (bicyclic) bond motifs is 1. The Bertz CT molecular complexity index is 1180. The lowest BCUT2D eigenvalue weighted by atomic mass is 9.89. The highest BCUT2D eigenvalue weighted by molar-refractivity contribution is 5.90. The van der Waals surface area contributed by atoms with Crippen molar-refractivity contribution in [3.05, 3.63) is 77.5 Å². The molecule has 35 heavy (non-hydrogen) atoms. The number of likely N-dealkylation sites (tertiary alicyclic amines) is 1. The van der Waals surface area contributed by atoms with Crippen LogP contribution in [-0.2, 0) is 12.8 Å². The summed E-state index contributed by atoms with van der Waals surface area (Å²) in [6, 6.07) is 17.7. The minimum Gasteiger partial charge on any atom is -0.333 e. The van der Waals surface area contributed by atoms with Crippen LogP contribution >= 0.6 is 0 Å². The molecule has 2 aromatic carbocycles. The Morgan fingerprint density at radius 1 is 1.06 bits per heavy atom. The molecule has 2 amide bonds. The van der Waals surface area contributed by atoms with Crippen molar-refractivity contribution in [2.45, 2.75) is 50.4 Å². The van der Waals surface area contributed by atoms with Gasteiger partial charge in [0.25, 0.3) is 0 Å². The van der Waals surface area contributed by atoms with Gasteiger partial charge in [0.2, 0.25) is 0 Å². The number of nitrogens with one attached hydrogen (secondary N) is 2. The molecule has 0 radical (unpaired) electrons. The second-order valence-electron chi connectivity index (χ2n) is 9.30. The van der Waals surface area contributed by atoms with E-state index in [0.717, 1.165) is 41.8 Å². The van der Waals surface area contributed by atoms with E-state index in [2.05, 4.69) is 10.6 Å². The first kappa shape index (κ1) is 23.4. The highest BCUT2D eigenvalue weighted by Crippen LogP contribution is 2.36. The molecule has 1 fully saturated rings.